The molecule has 0 bridgehead atoms. The Kier molecular flexibility index (Phi) is 4.46. The fourth-order valence-corrected chi connectivity index (χ4v) is 1.76. The highest BCUT2D eigenvalue weighted by molar-refractivity contribution is 5.75. The Morgan fingerprint density at radius 1 is 1.42 bits per heavy atom. The first-order valence-electron chi connectivity index (χ1n) is 6.11. The van der Waals surface area contributed by atoms with Crippen molar-refractivity contribution in [1.82, 2.24) is 5.32 Å². The van der Waals surface area contributed by atoms with Gasteiger partial charge in [-0.15, -0.1) is 0 Å². The molecular formula is C13H17NO5. The van der Waals surface area contributed by atoms with Crippen molar-refractivity contribution in [3.8, 4) is 17.2 Å². The molecule has 0 fully saturated rings. The molecule has 0 saturated heterocycles. The molecule has 2 rings (SSSR count). The number of hydrogen-bond donors (Lipinski definition) is 2. The normalized spacial score (nSPS) is 12.3. The molecule has 104 valence electrons. The lowest BCUT2D eigenvalue weighted by Crippen LogP contribution is -2.18. The highest BCUT2D eigenvalue weighted by Crippen LogP contribution is 2.38. The summed E-state index contributed by atoms with van der Waals surface area (Å²) in [5.41, 5.74) is 0.643. The fourth-order valence-electron chi connectivity index (χ4n) is 1.76. The summed E-state index contributed by atoms with van der Waals surface area (Å²) in [6, 6.07) is 3.41. The average Bonchev–Trinajstić information content (AvgIpc) is 2.89. The van der Waals surface area contributed by atoms with Gasteiger partial charge in [0.25, 0.3) is 0 Å². The highest BCUT2D eigenvalue weighted by Gasteiger charge is 2.17. The molecule has 1 heterocycles. The minimum Gasteiger partial charge on any atom is -0.493 e. The quantitative estimate of drug-likeness (QED) is 0.746. The van der Waals surface area contributed by atoms with Crippen molar-refractivity contribution in [2.24, 2.45) is 0 Å². The third-order valence-corrected chi connectivity index (χ3v) is 2.81. The summed E-state index contributed by atoms with van der Waals surface area (Å²) in [7, 11) is 1.60. The fraction of sp³-hybridized carbons (Fsp3) is 0.462. The number of ether oxygens (including phenoxy) is 3. The maximum absolute atomic E-state index is 11.1. The Hall–Kier alpha value is -1.95. The van der Waals surface area contributed by atoms with Crippen LogP contribution >= 0.6 is 0 Å². The van der Waals surface area contributed by atoms with Crippen LogP contribution in [0.3, 0.4) is 0 Å². The molecule has 6 heteroatoms. The van der Waals surface area contributed by atoms with Crippen molar-refractivity contribution in [1.29, 1.82) is 0 Å². The van der Waals surface area contributed by atoms with Gasteiger partial charge in [-0.3, -0.25) is 4.79 Å². The zero-order valence-corrected chi connectivity index (χ0v) is 10.8. The van der Waals surface area contributed by atoms with E-state index in [1.165, 1.54) is 0 Å². The van der Waals surface area contributed by atoms with Crippen molar-refractivity contribution in [2.75, 3.05) is 20.4 Å². The monoisotopic (exact) mass is 267 g/mol. The molecular weight excluding hydrogens is 250 g/mol. The van der Waals surface area contributed by atoms with E-state index in [0.29, 0.717) is 42.3 Å². The molecule has 19 heavy (non-hydrogen) atoms. The summed E-state index contributed by atoms with van der Waals surface area (Å²) in [4.78, 5) is 11.1. The molecule has 0 saturated carbocycles. The SMILES string of the molecule is CNC(=O)CCCOc1cc2c(cc1CO)OCO2. The number of benzene rings is 1. The molecule has 0 atom stereocenters. The van der Waals surface area contributed by atoms with Crippen LogP contribution in [0.5, 0.6) is 17.2 Å². The Balaban J connectivity index is 1.94. The number of nitrogens with one attached hydrogen (secondary N) is 1. The lowest BCUT2D eigenvalue weighted by Gasteiger charge is -2.11. The van der Waals surface area contributed by atoms with E-state index in [4.69, 9.17) is 14.2 Å². The summed E-state index contributed by atoms with van der Waals surface area (Å²) in [5.74, 6) is 1.76. The Labute approximate surface area is 111 Å². The van der Waals surface area contributed by atoms with Crippen molar-refractivity contribution in [3.63, 3.8) is 0 Å². The molecule has 0 aliphatic carbocycles. The summed E-state index contributed by atoms with van der Waals surface area (Å²) in [6.07, 6.45) is 1.02. The smallest absolute Gasteiger partial charge is 0.231 e. The van der Waals surface area contributed by atoms with E-state index in [9.17, 15) is 9.90 Å². The van der Waals surface area contributed by atoms with E-state index in [0.717, 1.165) is 0 Å². The van der Waals surface area contributed by atoms with E-state index < -0.39 is 0 Å². The molecule has 2 N–H and O–H groups in total. The maximum Gasteiger partial charge on any atom is 0.231 e. The molecule has 0 aromatic heterocycles. The van der Waals surface area contributed by atoms with E-state index in [2.05, 4.69) is 5.32 Å². The average molecular weight is 267 g/mol. The van der Waals surface area contributed by atoms with Crippen LogP contribution in [0, 0.1) is 0 Å². The van der Waals surface area contributed by atoms with Crippen molar-refractivity contribution >= 4 is 5.91 Å². The number of aliphatic hydroxyl groups excluding tert-OH is 1. The molecule has 1 aliphatic heterocycles. The molecule has 1 aliphatic rings. The van der Waals surface area contributed by atoms with Crippen LogP contribution < -0.4 is 19.5 Å². The molecule has 1 aromatic carbocycles. The van der Waals surface area contributed by atoms with Crippen LogP contribution in [0.15, 0.2) is 12.1 Å². The standard InChI is InChI=1S/C13H17NO5/c1-14-13(16)3-2-4-17-10-6-12-11(18-8-19-12)5-9(10)7-15/h5-6,15H,2-4,7-8H2,1H3,(H,14,16). The van der Waals surface area contributed by atoms with Crippen LogP contribution in [0.25, 0.3) is 0 Å². The van der Waals surface area contributed by atoms with Crippen molar-refractivity contribution in [3.05, 3.63) is 17.7 Å². The van der Waals surface area contributed by atoms with E-state index in [1.807, 2.05) is 0 Å². The third-order valence-electron chi connectivity index (χ3n) is 2.81. The van der Waals surface area contributed by atoms with Crippen molar-refractivity contribution in [2.45, 2.75) is 19.4 Å². The van der Waals surface area contributed by atoms with Gasteiger partial charge in [-0.25, -0.2) is 0 Å². The number of amides is 1. The summed E-state index contributed by atoms with van der Waals surface area (Å²) < 4.78 is 16.1. The summed E-state index contributed by atoms with van der Waals surface area (Å²) in [5, 5.41) is 11.8. The van der Waals surface area contributed by atoms with Crippen LogP contribution in [-0.2, 0) is 11.4 Å². The lowest BCUT2D eigenvalue weighted by molar-refractivity contribution is -0.120. The number of aliphatic hydroxyl groups is 1. The predicted molar refractivity (Wildman–Crippen MR) is 67.3 cm³/mol. The Morgan fingerprint density at radius 3 is 2.84 bits per heavy atom. The zero-order chi connectivity index (χ0) is 13.7. The van der Waals surface area contributed by atoms with E-state index >= 15 is 0 Å². The van der Waals surface area contributed by atoms with E-state index in [1.54, 1.807) is 19.2 Å². The molecule has 1 amide bonds. The first kappa shape index (κ1) is 13.5. The molecule has 0 unspecified atom stereocenters. The van der Waals surface area contributed by atoms with Gasteiger partial charge in [-0.1, -0.05) is 0 Å². The second-order valence-electron chi connectivity index (χ2n) is 4.10. The second kappa shape index (κ2) is 6.29. The maximum atomic E-state index is 11.1. The van der Waals surface area contributed by atoms with Gasteiger partial charge in [0.1, 0.15) is 5.75 Å². The number of carbonyl (C=O) groups is 1. The summed E-state index contributed by atoms with van der Waals surface area (Å²) in [6.45, 7) is 0.446. The van der Waals surface area contributed by atoms with E-state index in [-0.39, 0.29) is 19.3 Å². The first-order chi connectivity index (χ1) is 9.24. The predicted octanol–water partition coefficient (Wildman–Crippen LogP) is 0.813. The minimum absolute atomic E-state index is 0.0170. The number of rotatable bonds is 6. The van der Waals surface area contributed by atoms with Crippen LogP contribution in [0.4, 0.5) is 0 Å². The lowest BCUT2D eigenvalue weighted by atomic mass is 10.2. The minimum atomic E-state index is -0.137. The van der Waals surface area contributed by atoms with Gasteiger partial charge in [0.2, 0.25) is 12.7 Å². The number of carbonyl (C=O) groups excluding carboxylic acids is 1. The van der Waals surface area contributed by atoms with Gasteiger partial charge in [0.15, 0.2) is 11.5 Å². The second-order valence-corrected chi connectivity index (χ2v) is 4.10. The highest BCUT2D eigenvalue weighted by atomic mass is 16.7. The van der Waals surface area contributed by atoms with Gasteiger partial charge in [0.05, 0.1) is 13.2 Å². The zero-order valence-electron chi connectivity index (χ0n) is 10.8. The summed E-state index contributed by atoms with van der Waals surface area (Å²) >= 11 is 0. The first-order valence-corrected chi connectivity index (χ1v) is 6.11. The Bertz CT molecular complexity index is 461. The molecule has 0 radical (unpaired) electrons. The van der Waals surface area contributed by atoms with Crippen LogP contribution in [0.1, 0.15) is 18.4 Å². The third kappa shape index (κ3) is 3.29. The van der Waals surface area contributed by atoms with Crippen LogP contribution in [0.2, 0.25) is 0 Å². The largest absolute Gasteiger partial charge is 0.493 e. The molecule has 1 aromatic rings. The molecule has 6 nitrogen and oxygen atoms in total. The number of fused-ring (bicyclic) bond motifs is 1. The van der Waals surface area contributed by atoms with Gasteiger partial charge in [-0.2, -0.15) is 0 Å². The van der Waals surface area contributed by atoms with Gasteiger partial charge in [0, 0.05) is 25.1 Å². The topological polar surface area (TPSA) is 77.0 Å². The van der Waals surface area contributed by atoms with Crippen LogP contribution in [-0.4, -0.2) is 31.5 Å². The number of hydrogen-bond acceptors (Lipinski definition) is 5. The molecule has 0 spiro atoms. The van der Waals surface area contributed by atoms with Gasteiger partial charge in [-0.05, 0) is 12.5 Å². The van der Waals surface area contributed by atoms with Gasteiger partial charge < -0.3 is 24.6 Å². The van der Waals surface area contributed by atoms with Crippen molar-refractivity contribution < 1.29 is 24.1 Å². The Morgan fingerprint density at radius 2 is 2.16 bits per heavy atom. The van der Waals surface area contributed by atoms with Gasteiger partial charge >= 0.3 is 0 Å².